The van der Waals surface area contributed by atoms with E-state index in [0.29, 0.717) is 6.42 Å². The Morgan fingerprint density at radius 3 is 2.44 bits per heavy atom. The monoisotopic (exact) mass is 227 g/mol. The third-order valence-electron chi connectivity index (χ3n) is 2.46. The van der Waals surface area contributed by atoms with E-state index in [1.54, 1.807) is 0 Å². The van der Waals surface area contributed by atoms with Crippen molar-refractivity contribution in [1.82, 2.24) is 0 Å². The minimum absolute atomic E-state index is 0.192. The molecule has 16 heavy (non-hydrogen) atoms. The van der Waals surface area contributed by atoms with E-state index in [2.05, 4.69) is 13.0 Å². The van der Waals surface area contributed by atoms with Gasteiger partial charge in [0.25, 0.3) is 0 Å². The summed E-state index contributed by atoms with van der Waals surface area (Å²) in [5, 5.41) is 16.9. The van der Waals surface area contributed by atoms with Gasteiger partial charge in [-0.2, -0.15) is 5.26 Å². The lowest BCUT2D eigenvalue weighted by Crippen LogP contribution is -2.16. The zero-order chi connectivity index (χ0) is 12.2. The van der Waals surface area contributed by atoms with Crippen molar-refractivity contribution in [3.05, 3.63) is 0 Å². The van der Waals surface area contributed by atoms with Crippen molar-refractivity contribution in [3.8, 4) is 6.07 Å². The number of nitrogens with zero attached hydrogens (tertiary/aromatic N) is 1. The molecular formula is C12H21NO3. The fourth-order valence-corrected chi connectivity index (χ4v) is 1.60. The summed E-state index contributed by atoms with van der Waals surface area (Å²) in [6.45, 7) is 2.11. The first-order valence-corrected chi connectivity index (χ1v) is 5.97. The molecule has 0 amide bonds. The Hall–Kier alpha value is -1.24. The predicted octanol–water partition coefficient (Wildman–Crippen LogP) is 3.71. The van der Waals surface area contributed by atoms with Crippen LogP contribution in [-0.4, -0.2) is 17.4 Å². The smallest absolute Gasteiger partial charge is 0.450 e. The van der Waals surface area contributed by atoms with E-state index in [1.807, 2.05) is 0 Å². The molecule has 0 bridgehead atoms. The topological polar surface area (TPSA) is 70.3 Å². The van der Waals surface area contributed by atoms with E-state index >= 15 is 0 Å². The Kier molecular flexibility index (Phi) is 9.49. The van der Waals surface area contributed by atoms with Gasteiger partial charge in [0, 0.05) is 6.42 Å². The molecule has 0 aromatic rings. The molecule has 4 heteroatoms. The van der Waals surface area contributed by atoms with E-state index in [0.717, 1.165) is 44.9 Å². The molecule has 0 aromatic heterocycles. The zero-order valence-electron chi connectivity index (χ0n) is 9.95. The molecule has 1 unspecified atom stereocenters. The molecule has 0 rings (SSSR count). The van der Waals surface area contributed by atoms with Gasteiger partial charge in [-0.25, -0.2) is 4.79 Å². The van der Waals surface area contributed by atoms with Crippen LogP contribution in [0, 0.1) is 11.3 Å². The summed E-state index contributed by atoms with van der Waals surface area (Å²) in [6, 6.07) is 2.08. The molecular weight excluding hydrogens is 206 g/mol. The molecule has 92 valence electrons. The summed E-state index contributed by atoms with van der Waals surface area (Å²) in [6.07, 6.45) is 5.60. The molecule has 1 N–H and O–H groups in total. The Morgan fingerprint density at radius 2 is 1.94 bits per heavy atom. The first kappa shape index (κ1) is 14.8. The van der Waals surface area contributed by atoms with Crippen LogP contribution >= 0.6 is 0 Å². The van der Waals surface area contributed by atoms with Crippen LogP contribution in [0.15, 0.2) is 0 Å². The van der Waals surface area contributed by atoms with Crippen LogP contribution in [0.5, 0.6) is 0 Å². The van der Waals surface area contributed by atoms with Crippen molar-refractivity contribution in [2.45, 2.75) is 64.4 Å². The first-order valence-electron chi connectivity index (χ1n) is 5.97. The van der Waals surface area contributed by atoms with Gasteiger partial charge in [-0.1, -0.05) is 19.8 Å². The second-order valence-corrected chi connectivity index (χ2v) is 3.91. The maximum Gasteiger partial charge on any atom is 0.506 e. The van der Waals surface area contributed by atoms with E-state index in [4.69, 9.17) is 15.1 Å². The molecule has 0 spiro atoms. The van der Waals surface area contributed by atoms with Gasteiger partial charge >= 0.3 is 6.16 Å². The summed E-state index contributed by atoms with van der Waals surface area (Å²) in [7, 11) is 0. The summed E-state index contributed by atoms with van der Waals surface area (Å²) in [5.41, 5.74) is 0. The molecule has 0 saturated carbocycles. The Balaban J connectivity index is 3.72. The minimum Gasteiger partial charge on any atom is -0.450 e. The number of rotatable bonds is 9. The Bertz CT molecular complexity index is 223. The highest BCUT2D eigenvalue weighted by Gasteiger charge is 2.12. The van der Waals surface area contributed by atoms with Crippen molar-refractivity contribution in [2.75, 3.05) is 0 Å². The van der Waals surface area contributed by atoms with Gasteiger partial charge in [0.05, 0.1) is 6.07 Å². The molecule has 0 radical (unpaired) electrons. The number of nitriles is 1. The van der Waals surface area contributed by atoms with Crippen molar-refractivity contribution in [1.29, 1.82) is 5.26 Å². The second kappa shape index (κ2) is 10.3. The first-order chi connectivity index (χ1) is 7.70. The molecule has 0 aliphatic heterocycles. The molecule has 1 atom stereocenters. The van der Waals surface area contributed by atoms with Gasteiger partial charge in [-0.3, -0.25) is 0 Å². The van der Waals surface area contributed by atoms with Crippen molar-refractivity contribution >= 4 is 6.16 Å². The van der Waals surface area contributed by atoms with Crippen LogP contribution in [0.4, 0.5) is 4.79 Å². The van der Waals surface area contributed by atoms with Crippen molar-refractivity contribution in [2.24, 2.45) is 0 Å². The predicted molar refractivity (Wildman–Crippen MR) is 61.1 cm³/mol. The van der Waals surface area contributed by atoms with Gasteiger partial charge < -0.3 is 9.84 Å². The summed E-state index contributed by atoms with van der Waals surface area (Å²) >= 11 is 0. The third kappa shape index (κ3) is 9.32. The highest BCUT2D eigenvalue weighted by atomic mass is 16.7. The molecule has 0 aliphatic rings. The minimum atomic E-state index is -1.19. The number of unbranched alkanes of at least 4 members (excludes halogenated alkanes) is 4. The average molecular weight is 227 g/mol. The summed E-state index contributed by atoms with van der Waals surface area (Å²) in [5.74, 6) is 0. The molecule has 0 heterocycles. The molecule has 0 aliphatic carbocycles. The van der Waals surface area contributed by atoms with E-state index in [-0.39, 0.29) is 6.10 Å². The van der Waals surface area contributed by atoms with Crippen molar-refractivity contribution < 1.29 is 14.6 Å². The fraction of sp³-hybridized carbons (Fsp3) is 0.833. The number of hydrogen-bond donors (Lipinski definition) is 1. The number of hydrogen-bond acceptors (Lipinski definition) is 3. The number of carbonyl (C=O) groups is 1. The molecule has 0 fully saturated rings. The maximum atomic E-state index is 10.5. The van der Waals surface area contributed by atoms with Gasteiger partial charge in [0.2, 0.25) is 0 Å². The summed E-state index contributed by atoms with van der Waals surface area (Å²) in [4.78, 5) is 10.5. The van der Waals surface area contributed by atoms with Crippen LogP contribution in [0.2, 0.25) is 0 Å². The average Bonchev–Trinajstić information content (AvgIpc) is 2.23. The molecule has 0 aromatic carbocycles. The van der Waals surface area contributed by atoms with Crippen LogP contribution in [-0.2, 0) is 4.74 Å². The molecule has 0 saturated heterocycles. The number of ether oxygens (including phenoxy) is 1. The Morgan fingerprint density at radius 1 is 1.31 bits per heavy atom. The van der Waals surface area contributed by atoms with Gasteiger partial charge in [-0.05, 0) is 32.1 Å². The highest BCUT2D eigenvalue weighted by Crippen LogP contribution is 2.14. The lowest BCUT2D eigenvalue weighted by atomic mass is 10.0. The zero-order valence-corrected chi connectivity index (χ0v) is 9.95. The van der Waals surface area contributed by atoms with E-state index < -0.39 is 6.16 Å². The quantitative estimate of drug-likeness (QED) is 0.481. The van der Waals surface area contributed by atoms with Crippen LogP contribution in [0.1, 0.15) is 58.3 Å². The normalized spacial score (nSPS) is 11.8. The SMILES string of the molecule is CCCCCC(CCCCC#N)OC(=O)O. The number of carboxylic acid groups (broad SMARTS) is 1. The second-order valence-electron chi connectivity index (χ2n) is 3.91. The van der Waals surface area contributed by atoms with Crippen LogP contribution < -0.4 is 0 Å². The summed E-state index contributed by atoms with van der Waals surface area (Å²) < 4.78 is 4.81. The van der Waals surface area contributed by atoms with E-state index in [9.17, 15) is 4.79 Å². The van der Waals surface area contributed by atoms with Gasteiger partial charge in [0.1, 0.15) is 6.10 Å². The van der Waals surface area contributed by atoms with Gasteiger partial charge in [0.15, 0.2) is 0 Å². The Labute approximate surface area is 97.2 Å². The van der Waals surface area contributed by atoms with Crippen molar-refractivity contribution in [3.63, 3.8) is 0 Å². The lowest BCUT2D eigenvalue weighted by Gasteiger charge is -2.15. The highest BCUT2D eigenvalue weighted by molar-refractivity contribution is 5.57. The van der Waals surface area contributed by atoms with Gasteiger partial charge in [-0.15, -0.1) is 0 Å². The van der Waals surface area contributed by atoms with E-state index in [1.165, 1.54) is 0 Å². The largest absolute Gasteiger partial charge is 0.506 e. The van der Waals surface area contributed by atoms with Crippen LogP contribution in [0.25, 0.3) is 0 Å². The fourth-order valence-electron chi connectivity index (χ4n) is 1.60. The molecule has 4 nitrogen and oxygen atoms in total. The maximum absolute atomic E-state index is 10.5. The third-order valence-corrected chi connectivity index (χ3v) is 2.46. The standard InChI is InChI=1S/C12H21NO3/c1-2-3-5-8-11(16-12(14)15)9-6-4-7-10-13/h11H,2-9H2,1H3,(H,14,15). The lowest BCUT2D eigenvalue weighted by molar-refractivity contribution is 0.0424. The van der Waals surface area contributed by atoms with Crippen LogP contribution in [0.3, 0.4) is 0 Å².